The molecule has 0 aromatic heterocycles. The molecular weight excluding hydrogens is 430 g/mol. The molecule has 142 valence electrons. The quantitative estimate of drug-likeness (QED) is 0.388. The third-order valence-corrected chi connectivity index (χ3v) is 4.71. The number of piperidine rings is 1. The van der Waals surface area contributed by atoms with Crippen LogP contribution in [0.3, 0.4) is 0 Å². The van der Waals surface area contributed by atoms with E-state index >= 15 is 0 Å². The summed E-state index contributed by atoms with van der Waals surface area (Å²) in [7, 11) is 1.78. The molecule has 1 aromatic rings. The first-order chi connectivity index (χ1) is 11.6. The lowest BCUT2D eigenvalue weighted by atomic mass is 9.97. The first-order valence-corrected chi connectivity index (χ1v) is 9.02. The highest BCUT2D eigenvalue weighted by Crippen LogP contribution is 2.17. The van der Waals surface area contributed by atoms with Crippen molar-refractivity contribution in [2.24, 2.45) is 10.9 Å². The summed E-state index contributed by atoms with van der Waals surface area (Å²) in [5, 5.41) is 6.70. The third kappa shape index (κ3) is 7.48. The van der Waals surface area contributed by atoms with Crippen LogP contribution >= 0.6 is 24.0 Å². The fourth-order valence-corrected chi connectivity index (χ4v) is 3.21. The van der Waals surface area contributed by atoms with Crippen molar-refractivity contribution < 1.29 is 4.39 Å². The lowest BCUT2D eigenvalue weighted by Gasteiger charge is -2.35. The van der Waals surface area contributed by atoms with E-state index < -0.39 is 0 Å². The van der Waals surface area contributed by atoms with Gasteiger partial charge in [0.2, 0.25) is 0 Å². The van der Waals surface area contributed by atoms with Crippen LogP contribution in [0.5, 0.6) is 0 Å². The first kappa shape index (κ1) is 22.2. The number of hydrogen-bond acceptors (Lipinski definition) is 2. The minimum atomic E-state index is -0.141. The Labute approximate surface area is 168 Å². The third-order valence-electron chi connectivity index (χ3n) is 4.71. The first-order valence-electron chi connectivity index (χ1n) is 9.02. The SMILES string of the molecule is CN=C(NCCc1ccccc1F)NCC1CCCN(C(C)C)C1.I. The molecule has 1 heterocycles. The van der Waals surface area contributed by atoms with E-state index in [1.807, 2.05) is 12.1 Å². The van der Waals surface area contributed by atoms with E-state index in [-0.39, 0.29) is 29.8 Å². The van der Waals surface area contributed by atoms with Gasteiger partial charge in [-0.25, -0.2) is 4.39 Å². The molecule has 1 saturated heterocycles. The average Bonchev–Trinajstić information content (AvgIpc) is 2.59. The second-order valence-electron chi connectivity index (χ2n) is 6.82. The number of hydrogen-bond donors (Lipinski definition) is 2. The van der Waals surface area contributed by atoms with E-state index in [0.29, 0.717) is 24.9 Å². The summed E-state index contributed by atoms with van der Waals surface area (Å²) in [6.07, 6.45) is 3.18. The number of nitrogens with zero attached hydrogens (tertiary/aromatic N) is 2. The van der Waals surface area contributed by atoms with E-state index in [2.05, 4.69) is 34.4 Å². The van der Waals surface area contributed by atoms with Gasteiger partial charge >= 0.3 is 0 Å². The Morgan fingerprint density at radius 1 is 1.32 bits per heavy atom. The van der Waals surface area contributed by atoms with Crippen molar-refractivity contribution in [1.29, 1.82) is 0 Å². The molecule has 6 heteroatoms. The van der Waals surface area contributed by atoms with Crippen LogP contribution in [0.15, 0.2) is 29.3 Å². The van der Waals surface area contributed by atoms with Crippen LogP contribution in [0.2, 0.25) is 0 Å². The minimum Gasteiger partial charge on any atom is -0.356 e. The van der Waals surface area contributed by atoms with Crippen LogP contribution in [0.25, 0.3) is 0 Å². The van der Waals surface area contributed by atoms with Crippen molar-refractivity contribution in [2.75, 3.05) is 33.2 Å². The van der Waals surface area contributed by atoms with Crippen molar-refractivity contribution >= 4 is 29.9 Å². The molecule has 4 nitrogen and oxygen atoms in total. The van der Waals surface area contributed by atoms with Gasteiger partial charge in [0.25, 0.3) is 0 Å². The molecule has 0 spiro atoms. The molecule has 0 bridgehead atoms. The largest absolute Gasteiger partial charge is 0.356 e. The highest BCUT2D eigenvalue weighted by Gasteiger charge is 2.21. The number of halogens is 2. The van der Waals surface area contributed by atoms with Crippen molar-refractivity contribution in [1.82, 2.24) is 15.5 Å². The van der Waals surface area contributed by atoms with Crippen molar-refractivity contribution in [3.05, 3.63) is 35.6 Å². The van der Waals surface area contributed by atoms with Gasteiger partial charge < -0.3 is 15.5 Å². The molecule has 1 aliphatic heterocycles. The second kappa shape index (κ2) is 11.7. The zero-order valence-electron chi connectivity index (χ0n) is 15.6. The van der Waals surface area contributed by atoms with Crippen LogP contribution < -0.4 is 10.6 Å². The Bertz CT molecular complexity index is 536. The summed E-state index contributed by atoms with van der Waals surface area (Å²) in [5.41, 5.74) is 0.736. The number of nitrogens with one attached hydrogen (secondary N) is 2. The fraction of sp³-hybridized carbons (Fsp3) is 0.632. The van der Waals surface area contributed by atoms with E-state index in [0.717, 1.165) is 24.6 Å². The maximum Gasteiger partial charge on any atom is 0.190 e. The number of likely N-dealkylation sites (tertiary alicyclic amines) is 1. The standard InChI is InChI=1S/C19H31FN4.HI/c1-15(2)24-12-6-7-16(14-24)13-23-19(21-3)22-11-10-17-8-4-5-9-18(17)20;/h4-5,8-9,15-16H,6-7,10-14H2,1-3H3,(H2,21,22,23);1H. The lowest BCUT2D eigenvalue weighted by molar-refractivity contribution is 0.141. The Hall–Kier alpha value is -0.890. The molecule has 2 rings (SSSR count). The maximum absolute atomic E-state index is 13.6. The molecule has 1 atom stereocenters. The molecule has 1 aliphatic rings. The highest BCUT2D eigenvalue weighted by molar-refractivity contribution is 14.0. The Balaban J connectivity index is 0.00000312. The van der Waals surface area contributed by atoms with Gasteiger partial charge in [-0.2, -0.15) is 0 Å². The fourth-order valence-electron chi connectivity index (χ4n) is 3.21. The zero-order valence-corrected chi connectivity index (χ0v) is 17.9. The van der Waals surface area contributed by atoms with Crippen molar-refractivity contribution in [3.63, 3.8) is 0 Å². The number of guanidine groups is 1. The monoisotopic (exact) mass is 462 g/mol. The van der Waals surface area contributed by atoms with Gasteiger partial charge in [0, 0.05) is 32.7 Å². The second-order valence-corrected chi connectivity index (χ2v) is 6.82. The number of rotatable bonds is 6. The summed E-state index contributed by atoms with van der Waals surface area (Å²) >= 11 is 0. The molecule has 0 radical (unpaired) electrons. The Morgan fingerprint density at radius 3 is 2.76 bits per heavy atom. The number of aliphatic imine (C=N–C) groups is 1. The predicted octanol–water partition coefficient (Wildman–Crippen LogP) is 3.27. The molecule has 0 aliphatic carbocycles. The highest BCUT2D eigenvalue weighted by atomic mass is 127. The smallest absolute Gasteiger partial charge is 0.190 e. The Morgan fingerprint density at radius 2 is 2.08 bits per heavy atom. The lowest BCUT2D eigenvalue weighted by Crippen LogP contribution is -2.46. The normalized spacial score (nSPS) is 18.8. The predicted molar refractivity (Wildman–Crippen MR) is 114 cm³/mol. The summed E-state index contributed by atoms with van der Waals surface area (Å²) in [5.74, 6) is 1.32. The summed E-state index contributed by atoms with van der Waals surface area (Å²) < 4.78 is 13.6. The topological polar surface area (TPSA) is 39.7 Å². The molecule has 1 unspecified atom stereocenters. The Kier molecular flexibility index (Phi) is 10.3. The van der Waals surface area contributed by atoms with Gasteiger partial charge in [-0.1, -0.05) is 18.2 Å². The zero-order chi connectivity index (χ0) is 17.4. The van der Waals surface area contributed by atoms with Gasteiger partial charge in [0.05, 0.1) is 0 Å². The van der Waals surface area contributed by atoms with Crippen molar-refractivity contribution in [3.8, 4) is 0 Å². The van der Waals surface area contributed by atoms with Crippen molar-refractivity contribution in [2.45, 2.75) is 39.2 Å². The van der Waals surface area contributed by atoms with Gasteiger partial charge in [-0.3, -0.25) is 4.99 Å². The van der Waals surface area contributed by atoms with E-state index in [9.17, 15) is 4.39 Å². The van der Waals surface area contributed by atoms with Gasteiger partial charge in [-0.05, 0) is 57.2 Å². The van der Waals surface area contributed by atoms with E-state index in [1.165, 1.54) is 25.5 Å². The van der Waals surface area contributed by atoms with Crippen LogP contribution in [0.1, 0.15) is 32.3 Å². The number of benzene rings is 1. The molecule has 0 amide bonds. The van der Waals surface area contributed by atoms with Gasteiger partial charge in [0.15, 0.2) is 5.96 Å². The van der Waals surface area contributed by atoms with Gasteiger partial charge in [0.1, 0.15) is 5.82 Å². The molecule has 0 saturated carbocycles. The van der Waals surface area contributed by atoms with Gasteiger partial charge in [-0.15, -0.1) is 24.0 Å². The average molecular weight is 462 g/mol. The molecule has 25 heavy (non-hydrogen) atoms. The molecule has 1 fully saturated rings. The molecule has 2 N–H and O–H groups in total. The van der Waals surface area contributed by atoms with E-state index in [4.69, 9.17) is 0 Å². The van der Waals surface area contributed by atoms with Crippen LogP contribution in [0, 0.1) is 11.7 Å². The summed E-state index contributed by atoms with van der Waals surface area (Å²) in [6, 6.07) is 7.54. The van der Waals surface area contributed by atoms with Crippen LogP contribution in [-0.2, 0) is 6.42 Å². The van der Waals surface area contributed by atoms with E-state index in [1.54, 1.807) is 13.1 Å². The summed E-state index contributed by atoms with van der Waals surface area (Å²) in [4.78, 5) is 6.81. The van der Waals surface area contributed by atoms with Crippen LogP contribution in [-0.4, -0.2) is 50.1 Å². The molecule has 1 aromatic carbocycles. The summed E-state index contributed by atoms with van der Waals surface area (Å²) in [6.45, 7) is 8.49. The maximum atomic E-state index is 13.6. The molecular formula is C19H32FIN4. The van der Waals surface area contributed by atoms with Crippen LogP contribution in [0.4, 0.5) is 4.39 Å². The minimum absolute atomic E-state index is 0.